The molecule has 3 heterocycles. The average molecular weight is 618 g/mol. The molecule has 4 N–H and O–H groups in total. The van der Waals surface area contributed by atoms with E-state index in [0.29, 0.717) is 44.3 Å². The van der Waals surface area contributed by atoms with Gasteiger partial charge in [-0.2, -0.15) is 4.31 Å². The molecule has 12 nitrogen and oxygen atoms in total. The number of aryl methyl sites for hydroxylation is 2. The number of amides is 2. The molecular formula is C30H47N7O5S. The first-order valence-electron chi connectivity index (χ1n) is 15.3. The number of primary amides is 1. The first kappa shape index (κ1) is 32.9. The van der Waals surface area contributed by atoms with Crippen molar-refractivity contribution < 1.29 is 22.7 Å². The summed E-state index contributed by atoms with van der Waals surface area (Å²) in [5.74, 6) is -0.969. The first-order chi connectivity index (χ1) is 20.5. The Morgan fingerprint density at radius 3 is 2.44 bits per heavy atom. The van der Waals surface area contributed by atoms with Crippen LogP contribution in [-0.4, -0.2) is 104 Å². The average Bonchev–Trinajstić information content (AvgIpc) is 3.34. The Labute approximate surface area is 255 Å². The standard InChI is InChI=1S/C30H47N7O5S/c1-6-9-22-20-34(7-2)28(29(31)38)27(22)33-30(39)24-18-23(10-11-25(24)42-8-3)43(40,41)37-13-12-32-19-26(37)36-16-14-35(15-17-36)21(4)5/h10-11,18,20-21,26,32H,6-9,12-17,19H2,1-5H3,(H2,31,38)(H,33,39). The summed E-state index contributed by atoms with van der Waals surface area (Å²) in [7, 11) is -3.96. The Bertz CT molecular complexity index is 1400. The number of sulfonamides is 1. The summed E-state index contributed by atoms with van der Waals surface area (Å²) in [5.41, 5.74) is 7.14. The summed E-state index contributed by atoms with van der Waals surface area (Å²) in [6, 6.07) is 4.85. The molecule has 1 unspecified atom stereocenters. The maximum atomic E-state index is 14.2. The smallest absolute Gasteiger partial charge is 0.267 e. The van der Waals surface area contributed by atoms with E-state index in [1.165, 1.54) is 18.2 Å². The fourth-order valence-corrected chi connectivity index (χ4v) is 7.62. The number of nitrogens with two attached hydrogens (primary N) is 1. The Morgan fingerprint density at radius 2 is 1.84 bits per heavy atom. The van der Waals surface area contributed by atoms with Gasteiger partial charge in [-0.1, -0.05) is 13.3 Å². The van der Waals surface area contributed by atoms with Crippen molar-refractivity contribution in [3.63, 3.8) is 0 Å². The third-order valence-corrected chi connectivity index (χ3v) is 10.2. The molecule has 2 aliphatic rings. The fourth-order valence-electron chi connectivity index (χ4n) is 5.98. The van der Waals surface area contributed by atoms with Crippen molar-refractivity contribution in [2.75, 3.05) is 57.7 Å². The summed E-state index contributed by atoms with van der Waals surface area (Å²) in [6.45, 7) is 15.5. The highest BCUT2D eigenvalue weighted by atomic mass is 32.2. The van der Waals surface area contributed by atoms with E-state index in [-0.39, 0.29) is 34.7 Å². The predicted octanol–water partition coefficient (Wildman–Crippen LogP) is 2.16. The van der Waals surface area contributed by atoms with Crippen LogP contribution >= 0.6 is 0 Å². The van der Waals surface area contributed by atoms with Gasteiger partial charge in [0.15, 0.2) is 0 Å². The van der Waals surface area contributed by atoms with E-state index in [1.807, 2.05) is 20.0 Å². The lowest BCUT2D eigenvalue weighted by Crippen LogP contribution is -2.64. The van der Waals surface area contributed by atoms with Crippen molar-refractivity contribution in [1.29, 1.82) is 0 Å². The fraction of sp³-hybridized carbons (Fsp3) is 0.600. The lowest BCUT2D eigenvalue weighted by atomic mass is 10.1. The van der Waals surface area contributed by atoms with Gasteiger partial charge in [0.2, 0.25) is 10.0 Å². The largest absolute Gasteiger partial charge is 0.493 e. The Kier molecular flexibility index (Phi) is 10.9. The molecule has 2 saturated heterocycles. The zero-order valence-corrected chi connectivity index (χ0v) is 26.9. The van der Waals surface area contributed by atoms with Gasteiger partial charge in [0.25, 0.3) is 11.8 Å². The Balaban J connectivity index is 1.67. The molecule has 43 heavy (non-hydrogen) atoms. The molecule has 0 spiro atoms. The van der Waals surface area contributed by atoms with Gasteiger partial charge in [-0.25, -0.2) is 8.42 Å². The third-order valence-electron chi connectivity index (χ3n) is 8.26. The van der Waals surface area contributed by atoms with Crippen LogP contribution in [0.3, 0.4) is 0 Å². The predicted molar refractivity (Wildman–Crippen MR) is 167 cm³/mol. The van der Waals surface area contributed by atoms with E-state index in [4.69, 9.17) is 10.5 Å². The van der Waals surface area contributed by atoms with E-state index in [1.54, 1.807) is 15.8 Å². The van der Waals surface area contributed by atoms with Gasteiger partial charge in [0.1, 0.15) is 11.4 Å². The van der Waals surface area contributed by atoms with Crippen molar-refractivity contribution in [3.05, 3.63) is 41.2 Å². The lowest BCUT2D eigenvalue weighted by molar-refractivity contribution is 0.0255. The highest BCUT2D eigenvalue weighted by Gasteiger charge is 2.38. The van der Waals surface area contributed by atoms with Crippen LogP contribution in [0.25, 0.3) is 0 Å². The van der Waals surface area contributed by atoms with Crippen LogP contribution in [0.4, 0.5) is 5.69 Å². The van der Waals surface area contributed by atoms with Gasteiger partial charge in [-0.3, -0.25) is 19.4 Å². The number of rotatable bonds is 12. The van der Waals surface area contributed by atoms with Crippen molar-refractivity contribution in [2.45, 2.75) is 71.1 Å². The monoisotopic (exact) mass is 617 g/mol. The second-order valence-electron chi connectivity index (χ2n) is 11.3. The molecule has 2 aliphatic heterocycles. The second-order valence-corrected chi connectivity index (χ2v) is 13.2. The van der Waals surface area contributed by atoms with Gasteiger partial charge in [-0.05, 0) is 57.9 Å². The van der Waals surface area contributed by atoms with Gasteiger partial charge in [0.05, 0.1) is 28.9 Å². The number of hydrogen-bond donors (Lipinski definition) is 3. The lowest BCUT2D eigenvalue weighted by Gasteiger charge is -2.46. The van der Waals surface area contributed by atoms with Crippen molar-refractivity contribution in [1.82, 2.24) is 24.0 Å². The molecule has 0 radical (unpaired) electrons. The summed E-state index contributed by atoms with van der Waals surface area (Å²) >= 11 is 0. The zero-order valence-electron chi connectivity index (χ0n) is 26.1. The topological polar surface area (TPSA) is 142 Å². The number of nitrogens with one attached hydrogen (secondary N) is 2. The van der Waals surface area contributed by atoms with Crippen LogP contribution in [0.15, 0.2) is 29.3 Å². The molecule has 1 aromatic heterocycles. The van der Waals surface area contributed by atoms with Crippen molar-refractivity contribution in [2.24, 2.45) is 5.73 Å². The molecule has 4 rings (SSSR count). The number of benzene rings is 1. The zero-order chi connectivity index (χ0) is 31.3. The van der Waals surface area contributed by atoms with E-state index in [9.17, 15) is 18.0 Å². The van der Waals surface area contributed by atoms with E-state index < -0.39 is 21.8 Å². The van der Waals surface area contributed by atoms with Crippen LogP contribution in [0.1, 0.15) is 67.4 Å². The molecule has 2 amide bonds. The second kappa shape index (κ2) is 14.2. The molecule has 1 aromatic carbocycles. The summed E-state index contributed by atoms with van der Waals surface area (Å²) < 4.78 is 37.4. The van der Waals surface area contributed by atoms with Crippen molar-refractivity contribution in [3.8, 4) is 5.75 Å². The number of carbonyl (C=O) groups excluding carboxylic acids is 2. The molecule has 0 saturated carbocycles. The van der Waals surface area contributed by atoms with Gasteiger partial charge < -0.3 is 25.7 Å². The molecule has 13 heteroatoms. The van der Waals surface area contributed by atoms with Gasteiger partial charge >= 0.3 is 0 Å². The minimum Gasteiger partial charge on any atom is -0.493 e. The summed E-state index contributed by atoms with van der Waals surface area (Å²) in [6.07, 6.45) is 2.92. The summed E-state index contributed by atoms with van der Waals surface area (Å²) in [5, 5.41) is 6.23. The maximum absolute atomic E-state index is 14.2. The molecule has 238 valence electrons. The first-order valence-corrected chi connectivity index (χ1v) is 16.8. The van der Waals surface area contributed by atoms with Gasteiger partial charge in [0, 0.05) is 64.6 Å². The normalized spacial score (nSPS) is 19.1. The highest BCUT2D eigenvalue weighted by Crippen LogP contribution is 2.30. The number of carbonyl (C=O) groups is 2. The number of nitrogens with zero attached hydrogens (tertiary/aromatic N) is 4. The van der Waals surface area contributed by atoms with Crippen molar-refractivity contribution >= 4 is 27.5 Å². The molecule has 0 bridgehead atoms. The van der Waals surface area contributed by atoms with E-state index >= 15 is 0 Å². The maximum Gasteiger partial charge on any atom is 0.267 e. The van der Waals surface area contributed by atoms with Crippen LogP contribution in [0.2, 0.25) is 0 Å². The summed E-state index contributed by atoms with van der Waals surface area (Å²) in [4.78, 5) is 30.9. The number of ether oxygens (including phenoxy) is 1. The molecule has 2 fully saturated rings. The van der Waals surface area contributed by atoms with E-state index in [0.717, 1.165) is 38.2 Å². The number of anilines is 1. The minimum atomic E-state index is -3.96. The Hall–Kier alpha value is -2.97. The molecule has 1 atom stereocenters. The SMILES string of the molecule is CCCc1cn(CC)c(C(N)=O)c1NC(=O)c1cc(S(=O)(=O)N2CCNCC2N2CCN(C(C)C)CC2)ccc1OCC. The number of aromatic nitrogens is 1. The van der Waals surface area contributed by atoms with Crippen LogP contribution in [0.5, 0.6) is 5.75 Å². The third kappa shape index (κ3) is 7.07. The quantitative estimate of drug-likeness (QED) is 0.329. The van der Waals surface area contributed by atoms with Crippen LogP contribution < -0.4 is 21.1 Å². The van der Waals surface area contributed by atoms with Crippen LogP contribution in [0, 0.1) is 0 Å². The van der Waals surface area contributed by atoms with Crippen LogP contribution in [-0.2, 0) is 23.0 Å². The van der Waals surface area contributed by atoms with Gasteiger partial charge in [-0.15, -0.1) is 0 Å². The van der Waals surface area contributed by atoms with E-state index in [2.05, 4.69) is 34.3 Å². The molecule has 2 aromatic rings. The Morgan fingerprint density at radius 1 is 1.12 bits per heavy atom. The molecular weight excluding hydrogens is 570 g/mol. The minimum absolute atomic E-state index is 0.0175. The molecule has 0 aliphatic carbocycles. The highest BCUT2D eigenvalue weighted by molar-refractivity contribution is 7.89. The number of piperazine rings is 2. The number of hydrogen-bond acceptors (Lipinski definition) is 8.